The Morgan fingerprint density at radius 2 is 1.06 bits per heavy atom. The van der Waals surface area contributed by atoms with Crippen molar-refractivity contribution in [2.24, 2.45) is 0 Å². The van der Waals surface area contributed by atoms with Crippen molar-refractivity contribution in [2.45, 2.75) is 32.1 Å². The summed E-state index contributed by atoms with van der Waals surface area (Å²) in [5, 5.41) is 5.16. The van der Waals surface area contributed by atoms with Crippen LogP contribution in [0.2, 0.25) is 0 Å². The predicted molar refractivity (Wildman–Crippen MR) is 199 cm³/mol. The van der Waals surface area contributed by atoms with Crippen molar-refractivity contribution in [3.05, 3.63) is 162 Å². The van der Waals surface area contributed by atoms with Crippen LogP contribution >= 0.6 is 0 Å². The summed E-state index contributed by atoms with van der Waals surface area (Å²) in [4.78, 5) is 0. The van der Waals surface area contributed by atoms with E-state index < -0.39 is 0 Å². The smallest absolute Gasteiger partial charge is 0.0544 e. The Morgan fingerprint density at radius 1 is 0.511 bits per heavy atom. The van der Waals surface area contributed by atoms with Crippen LogP contribution in [0.1, 0.15) is 37.8 Å². The van der Waals surface area contributed by atoms with E-state index in [1.54, 1.807) is 5.57 Å². The zero-order valence-corrected chi connectivity index (χ0v) is 26.7. The normalized spacial score (nSPS) is 15.3. The molecule has 2 aliphatic carbocycles. The number of fused-ring (bicyclic) bond motifs is 8. The fraction of sp³-hybridized carbons (Fsp3) is 0.111. The second-order valence-electron chi connectivity index (χ2n) is 13.7. The van der Waals surface area contributed by atoms with Gasteiger partial charge in [0.1, 0.15) is 0 Å². The largest absolute Gasteiger partial charge is 0.309 e. The lowest BCUT2D eigenvalue weighted by Crippen LogP contribution is -2.17. The molecule has 0 saturated heterocycles. The van der Waals surface area contributed by atoms with Gasteiger partial charge in [0.25, 0.3) is 0 Å². The third-order valence-electron chi connectivity index (χ3n) is 10.8. The number of hydrogen-bond acceptors (Lipinski definition) is 0. The summed E-state index contributed by atoms with van der Waals surface area (Å²) in [5.41, 5.74) is 15.7. The minimum Gasteiger partial charge on any atom is -0.309 e. The van der Waals surface area contributed by atoms with Gasteiger partial charge in [0.2, 0.25) is 0 Å². The fourth-order valence-corrected chi connectivity index (χ4v) is 8.58. The molecule has 10 rings (SSSR count). The summed E-state index contributed by atoms with van der Waals surface area (Å²) in [7, 11) is 0. The molecule has 0 spiro atoms. The number of allylic oxidation sites excluding steroid dienone is 4. The van der Waals surface area contributed by atoms with Crippen LogP contribution in [0.3, 0.4) is 0 Å². The first-order valence-corrected chi connectivity index (χ1v) is 16.8. The van der Waals surface area contributed by atoms with E-state index in [-0.39, 0.29) is 5.41 Å². The second-order valence-corrected chi connectivity index (χ2v) is 13.7. The van der Waals surface area contributed by atoms with Gasteiger partial charge in [-0.05, 0) is 107 Å². The third-order valence-corrected chi connectivity index (χ3v) is 10.8. The van der Waals surface area contributed by atoms with E-state index in [4.69, 9.17) is 0 Å². The Hall–Kier alpha value is -5.60. The molecule has 0 unspecified atom stereocenters. The van der Waals surface area contributed by atoms with Crippen molar-refractivity contribution in [2.75, 3.05) is 0 Å². The molecule has 2 aromatic heterocycles. The Labute approximate surface area is 274 Å². The molecule has 2 heteroatoms. The van der Waals surface area contributed by atoms with Crippen LogP contribution in [0.5, 0.6) is 0 Å². The van der Waals surface area contributed by atoms with Crippen LogP contribution in [-0.2, 0) is 5.41 Å². The highest BCUT2D eigenvalue weighted by molar-refractivity contribution is 6.14. The van der Waals surface area contributed by atoms with Crippen molar-refractivity contribution in [1.29, 1.82) is 0 Å². The average Bonchev–Trinajstić information content (AvgIpc) is 3.71. The SMILES string of the molecule is CC1(C)C2=C(C=CCC2)c2cc3c4cc(-c5ccc6c(c5)c5ccccc5n6-c5ccccc5)ccc4n(-c4ccccc4)c3cc21. The molecule has 2 nitrogen and oxygen atoms in total. The highest BCUT2D eigenvalue weighted by Crippen LogP contribution is 2.52. The average molecular weight is 603 g/mol. The molecule has 0 radical (unpaired) electrons. The summed E-state index contributed by atoms with van der Waals surface area (Å²) in [6.07, 6.45) is 7.00. The topological polar surface area (TPSA) is 9.86 Å². The lowest BCUT2D eigenvalue weighted by atomic mass is 9.78. The number of hydrogen-bond donors (Lipinski definition) is 0. The van der Waals surface area contributed by atoms with Crippen molar-refractivity contribution < 1.29 is 0 Å². The number of rotatable bonds is 3. The molecule has 224 valence electrons. The van der Waals surface area contributed by atoms with E-state index in [1.165, 1.54) is 82.8 Å². The molecule has 0 aliphatic heterocycles. The van der Waals surface area contributed by atoms with Gasteiger partial charge in [-0.1, -0.05) is 98.3 Å². The van der Waals surface area contributed by atoms with Crippen LogP contribution in [0.15, 0.2) is 151 Å². The van der Waals surface area contributed by atoms with E-state index in [0.717, 1.165) is 12.8 Å². The highest BCUT2D eigenvalue weighted by atomic mass is 15.0. The van der Waals surface area contributed by atoms with Gasteiger partial charge in [-0.3, -0.25) is 0 Å². The minimum absolute atomic E-state index is 0.0289. The molecule has 2 heterocycles. The molecule has 47 heavy (non-hydrogen) atoms. The van der Waals surface area contributed by atoms with Crippen molar-refractivity contribution in [3.63, 3.8) is 0 Å². The minimum atomic E-state index is 0.0289. The van der Waals surface area contributed by atoms with Crippen LogP contribution in [-0.4, -0.2) is 9.13 Å². The van der Waals surface area contributed by atoms with Crippen LogP contribution < -0.4 is 0 Å². The first-order valence-electron chi connectivity index (χ1n) is 16.8. The Kier molecular flexibility index (Phi) is 5.49. The van der Waals surface area contributed by atoms with Gasteiger partial charge in [-0.15, -0.1) is 0 Å². The van der Waals surface area contributed by atoms with Crippen LogP contribution in [0.4, 0.5) is 0 Å². The van der Waals surface area contributed by atoms with E-state index in [1.807, 2.05) is 0 Å². The lowest BCUT2D eigenvalue weighted by molar-refractivity contribution is 0.608. The monoisotopic (exact) mass is 602 g/mol. The lowest BCUT2D eigenvalue weighted by Gasteiger charge is -2.25. The Balaban J connectivity index is 1.22. The van der Waals surface area contributed by atoms with Gasteiger partial charge in [0.15, 0.2) is 0 Å². The van der Waals surface area contributed by atoms with Crippen LogP contribution in [0, 0.1) is 0 Å². The van der Waals surface area contributed by atoms with Crippen LogP contribution in [0.25, 0.3) is 71.7 Å². The quantitative estimate of drug-likeness (QED) is 0.190. The fourth-order valence-electron chi connectivity index (χ4n) is 8.58. The molecule has 0 saturated carbocycles. The first-order chi connectivity index (χ1) is 23.1. The molecule has 6 aromatic carbocycles. The predicted octanol–water partition coefficient (Wildman–Crippen LogP) is 11.9. The van der Waals surface area contributed by atoms with Gasteiger partial charge < -0.3 is 9.13 Å². The molecule has 0 amide bonds. The summed E-state index contributed by atoms with van der Waals surface area (Å²) >= 11 is 0. The number of aromatic nitrogens is 2. The first kappa shape index (κ1) is 26.6. The Morgan fingerprint density at radius 3 is 1.74 bits per heavy atom. The van der Waals surface area contributed by atoms with Gasteiger partial charge in [0.05, 0.1) is 22.1 Å². The maximum atomic E-state index is 2.49. The number of nitrogens with zero attached hydrogens (tertiary/aromatic N) is 2. The summed E-state index contributed by atoms with van der Waals surface area (Å²) in [6.45, 7) is 4.83. The standard InChI is InChI=1S/C45H34N2/c1-45(2)39-19-11-9-17-33(39)35-27-38-37-26-30(22-24-43(37)47(44(38)28-40(35)45)32-15-7-4-8-16-32)29-21-23-42-36(25-29)34-18-10-12-20-41(34)46(42)31-13-5-3-6-14-31/h3-10,12-18,20-28H,11,19H2,1-2H3. The summed E-state index contributed by atoms with van der Waals surface area (Å²) in [6, 6.07) is 49.3. The Bertz CT molecular complexity index is 2620. The summed E-state index contributed by atoms with van der Waals surface area (Å²) in [5.74, 6) is 0. The number of para-hydroxylation sites is 3. The van der Waals surface area contributed by atoms with Crippen molar-refractivity contribution in [1.82, 2.24) is 9.13 Å². The molecule has 0 atom stereocenters. The van der Waals surface area contributed by atoms with E-state index in [0.29, 0.717) is 0 Å². The molecule has 0 bridgehead atoms. The maximum Gasteiger partial charge on any atom is 0.0544 e. The van der Waals surface area contributed by atoms with E-state index in [9.17, 15) is 0 Å². The molecule has 0 fully saturated rings. The van der Waals surface area contributed by atoms with Gasteiger partial charge in [-0.2, -0.15) is 0 Å². The maximum absolute atomic E-state index is 2.49. The molecule has 2 aliphatic rings. The van der Waals surface area contributed by atoms with E-state index in [2.05, 4.69) is 169 Å². The molecule has 8 aromatic rings. The van der Waals surface area contributed by atoms with Gasteiger partial charge in [-0.25, -0.2) is 0 Å². The van der Waals surface area contributed by atoms with Crippen molar-refractivity contribution >= 4 is 49.2 Å². The van der Waals surface area contributed by atoms with Gasteiger partial charge >= 0.3 is 0 Å². The van der Waals surface area contributed by atoms with Gasteiger partial charge in [0, 0.05) is 38.3 Å². The zero-order chi connectivity index (χ0) is 31.3. The number of benzene rings is 6. The molecule has 0 N–H and O–H groups in total. The zero-order valence-electron chi connectivity index (χ0n) is 26.7. The van der Waals surface area contributed by atoms with E-state index >= 15 is 0 Å². The summed E-state index contributed by atoms with van der Waals surface area (Å²) < 4.78 is 4.85. The second kappa shape index (κ2) is 9.70. The highest BCUT2D eigenvalue weighted by Gasteiger charge is 2.38. The van der Waals surface area contributed by atoms with Crippen molar-refractivity contribution in [3.8, 4) is 22.5 Å². The third kappa shape index (κ3) is 3.73. The molecular weight excluding hydrogens is 569 g/mol. The molecular formula is C45H34N2.